The van der Waals surface area contributed by atoms with Crippen LogP contribution < -0.4 is 10.1 Å². The van der Waals surface area contributed by atoms with E-state index in [1.54, 1.807) is 18.2 Å². The molecule has 0 aliphatic carbocycles. The van der Waals surface area contributed by atoms with Gasteiger partial charge in [-0.1, -0.05) is 22.9 Å². The Balaban J connectivity index is 1.65. The molecule has 130 valence electrons. The van der Waals surface area contributed by atoms with Gasteiger partial charge in [0.05, 0.1) is 24.9 Å². The number of nitrogens with one attached hydrogen (secondary N) is 1. The number of aliphatic hydroxyl groups is 1. The molecule has 1 amide bonds. The summed E-state index contributed by atoms with van der Waals surface area (Å²) in [6.45, 7) is 0.217. The van der Waals surface area contributed by atoms with Crippen molar-refractivity contribution in [1.82, 2.24) is 15.0 Å². The summed E-state index contributed by atoms with van der Waals surface area (Å²) in [4.78, 5) is 13.1. The maximum Gasteiger partial charge on any atom is 0.277 e. The van der Waals surface area contributed by atoms with E-state index in [1.165, 1.54) is 29.3 Å². The van der Waals surface area contributed by atoms with Crippen molar-refractivity contribution in [2.24, 2.45) is 0 Å². The van der Waals surface area contributed by atoms with Crippen LogP contribution in [0.25, 0.3) is 0 Å². The summed E-state index contributed by atoms with van der Waals surface area (Å²) in [5.74, 6) is 0.103. The number of benzene rings is 1. The van der Waals surface area contributed by atoms with Crippen LogP contribution in [0.5, 0.6) is 5.75 Å². The van der Waals surface area contributed by atoms with Gasteiger partial charge in [0.15, 0.2) is 5.69 Å². The van der Waals surface area contributed by atoms with E-state index in [4.69, 9.17) is 16.3 Å². The first-order valence-corrected chi connectivity index (χ1v) is 8.59. The van der Waals surface area contributed by atoms with Crippen molar-refractivity contribution in [2.75, 3.05) is 12.4 Å². The van der Waals surface area contributed by atoms with Crippen LogP contribution in [-0.2, 0) is 6.54 Å². The molecule has 7 nitrogen and oxygen atoms in total. The maximum atomic E-state index is 12.2. The number of rotatable bonds is 6. The molecule has 3 rings (SSSR count). The lowest BCUT2D eigenvalue weighted by Crippen LogP contribution is -2.12. The highest BCUT2D eigenvalue weighted by molar-refractivity contribution is 7.10. The molecule has 1 atom stereocenters. The lowest BCUT2D eigenvalue weighted by atomic mass is 10.3. The molecule has 2 N–H and O–H groups in total. The molecule has 0 fully saturated rings. The molecule has 0 aliphatic rings. The fourth-order valence-corrected chi connectivity index (χ4v) is 3.14. The monoisotopic (exact) mass is 378 g/mol. The van der Waals surface area contributed by atoms with Crippen molar-refractivity contribution < 1.29 is 14.6 Å². The molecule has 0 saturated heterocycles. The number of thiophene rings is 1. The number of methoxy groups -OCH3 is 1. The minimum Gasteiger partial charge on any atom is -0.495 e. The van der Waals surface area contributed by atoms with Crippen LogP contribution in [0.15, 0.2) is 41.9 Å². The normalized spacial score (nSPS) is 12.0. The Labute approximate surface area is 152 Å². The lowest BCUT2D eigenvalue weighted by Gasteiger charge is -2.07. The minimum atomic E-state index is -0.696. The van der Waals surface area contributed by atoms with Crippen molar-refractivity contribution in [3.8, 4) is 5.75 Å². The number of aromatic nitrogens is 3. The van der Waals surface area contributed by atoms with Gasteiger partial charge < -0.3 is 15.2 Å². The standard InChI is InChI=1S/C16H15ClN4O3S/c1-24-14-5-4-10(7-11(14)17)18-16(23)12-8-21(20-19-12)9-13(22)15-3-2-6-25-15/h2-8,13,22H,9H2,1H3,(H,18,23)/t13-/m1/s1. The van der Waals surface area contributed by atoms with Gasteiger partial charge in [0, 0.05) is 10.6 Å². The summed E-state index contributed by atoms with van der Waals surface area (Å²) >= 11 is 7.49. The number of hydrogen-bond acceptors (Lipinski definition) is 6. The molecule has 2 aromatic heterocycles. The van der Waals surface area contributed by atoms with Crippen molar-refractivity contribution in [1.29, 1.82) is 0 Å². The maximum absolute atomic E-state index is 12.2. The number of amides is 1. The quantitative estimate of drug-likeness (QED) is 0.688. The zero-order chi connectivity index (χ0) is 17.8. The van der Waals surface area contributed by atoms with Crippen molar-refractivity contribution >= 4 is 34.5 Å². The molecule has 0 radical (unpaired) electrons. The number of carbonyl (C=O) groups is 1. The van der Waals surface area contributed by atoms with Gasteiger partial charge in [-0.05, 0) is 29.6 Å². The summed E-state index contributed by atoms with van der Waals surface area (Å²) in [6, 6.07) is 8.62. The lowest BCUT2D eigenvalue weighted by molar-refractivity contribution is 0.102. The Morgan fingerprint density at radius 1 is 1.48 bits per heavy atom. The third kappa shape index (κ3) is 4.16. The Kier molecular flexibility index (Phi) is 5.32. The van der Waals surface area contributed by atoms with Crippen molar-refractivity contribution in [2.45, 2.75) is 12.6 Å². The second-order valence-corrected chi connectivity index (χ2v) is 6.55. The van der Waals surface area contributed by atoms with Gasteiger partial charge in [0.1, 0.15) is 11.9 Å². The first kappa shape index (κ1) is 17.4. The number of nitrogens with zero attached hydrogens (tertiary/aromatic N) is 3. The zero-order valence-corrected chi connectivity index (χ0v) is 14.8. The summed E-state index contributed by atoms with van der Waals surface area (Å²) in [5.41, 5.74) is 0.661. The van der Waals surface area contributed by atoms with Gasteiger partial charge in [0.2, 0.25) is 0 Å². The van der Waals surface area contributed by atoms with Crippen LogP contribution in [0.1, 0.15) is 21.5 Å². The predicted octanol–water partition coefficient (Wildman–Crippen LogP) is 2.99. The van der Waals surface area contributed by atoms with Crippen LogP contribution in [0.2, 0.25) is 5.02 Å². The highest BCUT2D eigenvalue weighted by Gasteiger charge is 2.15. The number of carbonyl (C=O) groups excluding carboxylic acids is 1. The first-order valence-electron chi connectivity index (χ1n) is 7.33. The smallest absolute Gasteiger partial charge is 0.277 e. The summed E-state index contributed by atoms with van der Waals surface area (Å²) in [6.07, 6.45) is 0.787. The molecule has 0 bridgehead atoms. The molecule has 0 aliphatic heterocycles. The van der Waals surface area contributed by atoms with Crippen molar-refractivity contribution in [3.63, 3.8) is 0 Å². The fraction of sp³-hybridized carbons (Fsp3) is 0.188. The average molecular weight is 379 g/mol. The van der Waals surface area contributed by atoms with E-state index >= 15 is 0 Å². The molecule has 0 spiro atoms. The van der Waals surface area contributed by atoms with Gasteiger partial charge in [-0.2, -0.15) is 0 Å². The number of halogens is 1. The van der Waals surface area contributed by atoms with E-state index < -0.39 is 12.0 Å². The molecule has 3 aromatic rings. The van der Waals surface area contributed by atoms with E-state index in [0.717, 1.165) is 4.88 Å². The number of anilines is 1. The Morgan fingerprint density at radius 2 is 2.32 bits per heavy atom. The van der Waals surface area contributed by atoms with Crippen LogP contribution in [0, 0.1) is 0 Å². The average Bonchev–Trinajstić information content (AvgIpc) is 3.27. The second-order valence-electron chi connectivity index (χ2n) is 5.16. The van der Waals surface area contributed by atoms with E-state index in [-0.39, 0.29) is 12.2 Å². The molecule has 25 heavy (non-hydrogen) atoms. The van der Waals surface area contributed by atoms with Gasteiger partial charge in [0.25, 0.3) is 5.91 Å². The highest BCUT2D eigenvalue weighted by Crippen LogP contribution is 2.27. The minimum absolute atomic E-state index is 0.144. The second kappa shape index (κ2) is 7.64. The highest BCUT2D eigenvalue weighted by atomic mass is 35.5. The van der Waals surface area contributed by atoms with Gasteiger partial charge in [-0.25, -0.2) is 4.68 Å². The number of ether oxygens (including phenoxy) is 1. The van der Waals surface area contributed by atoms with E-state index in [1.807, 2.05) is 17.5 Å². The first-order chi connectivity index (χ1) is 12.1. The SMILES string of the molecule is COc1ccc(NC(=O)c2cn(C[C@@H](O)c3cccs3)nn2)cc1Cl. The van der Waals surface area contributed by atoms with Crippen LogP contribution >= 0.6 is 22.9 Å². The third-order valence-corrected chi connectivity index (χ3v) is 4.68. The molecule has 0 unspecified atom stereocenters. The Hall–Kier alpha value is -2.42. The summed E-state index contributed by atoms with van der Waals surface area (Å²) in [7, 11) is 1.52. The summed E-state index contributed by atoms with van der Waals surface area (Å²) < 4.78 is 6.50. The molecule has 1 aromatic carbocycles. The van der Waals surface area contributed by atoms with Crippen LogP contribution in [-0.4, -0.2) is 33.1 Å². The summed E-state index contributed by atoms with van der Waals surface area (Å²) in [5, 5.41) is 22.8. The third-order valence-electron chi connectivity index (χ3n) is 3.41. The van der Waals surface area contributed by atoms with Crippen LogP contribution in [0.3, 0.4) is 0 Å². The van der Waals surface area contributed by atoms with Crippen LogP contribution in [0.4, 0.5) is 5.69 Å². The molecule has 0 saturated carbocycles. The van der Waals surface area contributed by atoms with E-state index in [0.29, 0.717) is 16.5 Å². The largest absolute Gasteiger partial charge is 0.495 e. The van der Waals surface area contributed by atoms with Gasteiger partial charge in [-0.15, -0.1) is 16.4 Å². The van der Waals surface area contributed by atoms with E-state index in [9.17, 15) is 9.90 Å². The zero-order valence-electron chi connectivity index (χ0n) is 13.2. The Bertz CT molecular complexity index is 866. The molecular formula is C16H15ClN4O3S. The molecule has 9 heteroatoms. The number of hydrogen-bond donors (Lipinski definition) is 2. The van der Waals surface area contributed by atoms with Gasteiger partial charge in [-0.3, -0.25) is 4.79 Å². The fourth-order valence-electron chi connectivity index (χ4n) is 2.18. The van der Waals surface area contributed by atoms with Crippen molar-refractivity contribution in [3.05, 3.63) is 57.5 Å². The molecule has 2 heterocycles. The number of aliphatic hydroxyl groups excluding tert-OH is 1. The topological polar surface area (TPSA) is 89.3 Å². The Morgan fingerprint density at radius 3 is 3.00 bits per heavy atom. The van der Waals surface area contributed by atoms with Gasteiger partial charge >= 0.3 is 0 Å². The van der Waals surface area contributed by atoms with E-state index in [2.05, 4.69) is 15.6 Å². The molecular weight excluding hydrogens is 364 g/mol. The predicted molar refractivity (Wildman–Crippen MR) is 95.3 cm³/mol.